The number of nitrogens with one attached hydrogen (secondary N) is 1. The van der Waals surface area contributed by atoms with E-state index in [1.54, 1.807) is 12.1 Å². The van der Waals surface area contributed by atoms with Crippen molar-refractivity contribution in [1.29, 1.82) is 0 Å². The lowest BCUT2D eigenvalue weighted by molar-refractivity contribution is -0.385. The van der Waals surface area contributed by atoms with Gasteiger partial charge in [-0.25, -0.2) is 0 Å². The van der Waals surface area contributed by atoms with Gasteiger partial charge in [0.25, 0.3) is 5.69 Å². The first kappa shape index (κ1) is 15.5. The molecule has 0 bridgehead atoms. The van der Waals surface area contributed by atoms with Crippen LogP contribution in [0.25, 0.3) is 0 Å². The van der Waals surface area contributed by atoms with E-state index in [1.807, 2.05) is 25.6 Å². The van der Waals surface area contributed by atoms with E-state index in [2.05, 4.69) is 10.4 Å². The van der Waals surface area contributed by atoms with Gasteiger partial charge in [0, 0.05) is 37.5 Å². The van der Waals surface area contributed by atoms with E-state index in [0.29, 0.717) is 23.7 Å². The summed E-state index contributed by atoms with van der Waals surface area (Å²) in [5.41, 5.74) is 3.68. The van der Waals surface area contributed by atoms with E-state index in [-0.39, 0.29) is 5.69 Å². The van der Waals surface area contributed by atoms with Crippen LogP contribution >= 0.6 is 11.6 Å². The van der Waals surface area contributed by atoms with Crippen molar-refractivity contribution < 1.29 is 4.92 Å². The van der Waals surface area contributed by atoms with Crippen molar-refractivity contribution in [3.63, 3.8) is 0 Å². The monoisotopic (exact) mass is 308 g/mol. The molecule has 112 valence electrons. The Morgan fingerprint density at radius 3 is 2.57 bits per heavy atom. The van der Waals surface area contributed by atoms with Crippen LogP contribution in [0.1, 0.15) is 22.5 Å². The normalized spacial score (nSPS) is 10.9. The quantitative estimate of drug-likeness (QED) is 0.681. The minimum absolute atomic E-state index is 0.0367. The highest BCUT2D eigenvalue weighted by Gasteiger charge is 2.16. The van der Waals surface area contributed by atoms with Crippen LogP contribution in [0.4, 0.5) is 5.69 Å². The van der Waals surface area contributed by atoms with Crippen LogP contribution in [-0.2, 0) is 20.1 Å². The SMILES string of the molecule is Cc1nn(C)c(C)c1CNCc1c(Cl)cccc1[N+](=O)[O-]. The maximum atomic E-state index is 11.0. The van der Waals surface area contributed by atoms with Gasteiger partial charge in [0.1, 0.15) is 0 Å². The number of rotatable bonds is 5. The zero-order valence-electron chi connectivity index (χ0n) is 12.2. The summed E-state index contributed by atoms with van der Waals surface area (Å²) in [7, 11) is 1.89. The van der Waals surface area contributed by atoms with E-state index in [1.165, 1.54) is 6.07 Å². The predicted molar refractivity (Wildman–Crippen MR) is 81.3 cm³/mol. The van der Waals surface area contributed by atoms with Crippen molar-refractivity contribution >= 4 is 17.3 Å². The Bertz CT molecular complexity index is 682. The van der Waals surface area contributed by atoms with E-state index in [4.69, 9.17) is 11.6 Å². The summed E-state index contributed by atoms with van der Waals surface area (Å²) in [5, 5.41) is 19.0. The van der Waals surface area contributed by atoms with Crippen LogP contribution < -0.4 is 5.32 Å². The van der Waals surface area contributed by atoms with Gasteiger partial charge in [-0.3, -0.25) is 14.8 Å². The minimum atomic E-state index is -0.413. The molecule has 6 nitrogen and oxygen atoms in total. The topological polar surface area (TPSA) is 73.0 Å². The van der Waals surface area contributed by atoms with Crippen molar-refractivity contribution in [3.8, 4) is 0 Å². The summed E-state index contributed by atoms with van der Waals surface area (Å²) in [5.74, 6) is 0. The molecule has 2 aromatic rings. The summed E-state index contributed by atoms with van der Waals surface area (Å²) >= 11 is 6.06. The van der Waals surface area contributed by atoms with Crippen molar-refractivity contribution in [3.05, 3.63) is 55.9 Å². The zero-order valence-corrected chi connectivity index (χ0v) is 12.9. The molecule has 0 saturated heterocycles. The molecule has 0 aliphatic heterocycles. The Balaban J connectivity index is 2.12. The third-order valence-electron chi connectivity index (χ3n) is 3.55. The molecule has 0 saturated carbocycles. The van der Waals surface area contributed by atoms with Gasteiger partial charge < -0.3 is 5.32 Å². The molecule has 0 fully saturated rings. The number of nitrogens with zero attached hydrogens (tertiary/aromatic N) is 3. The molecule has 1 aromatic carbocycles. The molecule has 21 heavy (non-hydrogen) atoms. The van der Waals surface area contributed by atoms with Gasteiger partial charge in [-0.15, -0.1) is 0 Å². The average molecular weight is 309 g/mol. The molecule has 1 N–H and O–H groups in total. The molecule has 0 amide bonds. The maximum absolute atomic E-state index is 11.0. The molecule has 0 unspecified atom stereocenters. The Morgan fingerprint density at radius 2 is 2.00 bits per heavy atom. The van der Waals surface area contributed by atoms with Crippen molar-refractivity contribution in [2.24, 2.45) is 7.05 Å². The molecule has 0 radical (unpaired) electrons. The molecule has 0 atom stereocenters. The molecule has 0 aliphatic carbocycles. The van der Waals surface area contributed by atoms with Crippen molar-refractivity contribution in [1.82, 2.24) is 15.1 Å². The number of benzene rings is 1. The van der Waals surface area contributed by atoms with Gasteiger partial charge >= 0.3 is 0 Å². The Morgan fingerprint density at radius 1 is 1.33 bits per heavy atom. The molecule has 7 heteroatoms. The highest BCUT2D eigenvalue weighted by atomic mass is 35.5. The first-order chi connectivity index (χ1) is 9.91. The first-order valence-electron chi connectivity index (χ1n) is 6.53. The number of hydrogen-bond donors (Lipinski definition) is 1. The second kappa shape index (κ2) is 6.24. The van der Waals surface area contributed by atoms with Gasteiger partial charge in [-0.2, -0.15) is 5.10 Å². The highest BCUT2D eigenvalue weighted by molar-refractivity contribution is 6.31. The number of halogens is 1. The Kier molecular flexibility index (Phi) is 4.59. The summed E-state index contributed by atoms with van der Waals surface area (Å²) in [4.78, 5) is 10.6. The Hall–Kier alpha value is -1.92. The van der Waals surface area contributed by atoms with Gasteiger partial charge in [-0.1, -0.05) is 17.7 Å². The van der Waals surface area contributed by atoms with E-state index >= 15 is 0 Å². The predicted octanol–water partition coefficient (Wildman–Crippen LogP) is 2.89. The smallest absolute Gasteiger partial charge is 0.275 e. The summed E-state index contributed by atoms with van der Waals surface area (Å²) in [6, 6.07) is 4.70. The second-order valence-corrected chi connectivity index (χ2v) is 5.28. The largest absolute Gasteiger partial charge is 0.308 e. The number of aromatic nitrogens is 2. The molecule has 0 spiro atoms. The van der Waals surface area contributed by atoms with Gasteiger partial charge in [0.05, 0.1) is 21.2 Å². The third kappa shape index (κ3) is 3.22. The molecule has 1 heterocycles. The third-order valence-corrected chi connectivity index (χ3v) is 3.91. The molecule has 1 aromatic heterocycles. The molecular weight excluding hydrogens is 292 g/mol. The van der Waals surface area contributed by atoms with Crippen LogP contribution in [0, 0.1) is 24.0 Å². The van der Waals surface area contributed by atoms with Crippen molar-refractivity contribution in [2.75, 3.05) is 0 Å². The van der Waals surface area contributed by atoms with Crippen LogP contribution in [0.5, 0.6) is 0 Å². The summed E-state index contributed by atoms with van der Waals surface area (Å²) in [6.45, 7) is 4.87. The lowest BCUT2D eigenvalue weighted by Crippen LogP contribution is -2.15. The minimum Gasteiger partial charge on any atom is -0.308 e. The highest BCUT2D eigenvalue weighted by Crippen LogP contribution is 2.26. The fourth-order valence-corrected chi connectivity index (χ4v) is 2.52. The zero-order chi connectivity index (χ0) is 15.6. The fourth-order valence-electron chi connectivity index (χ4n) is 2.28. The Labute approximate surface area is 127 Å². The van der Waals surface area contributed by atoms with E-state index in [9.17, 15) is 10.1 Å². The number of nitro groups is 1. The number of aryl methyl sites for hydroxylation is 2. The molecule has 0 aliphatic rings. The maximum Gasteiger partial charge on any atom is 0.275 e. The fraction of sp³-hybridized carbons (Fsp3) is 0.357. The summed E-state index contributed by atoms with van der Waals surface area (Å²) < 4.78 is 1.82. The van der Waals surface area contributed by atoms with Crippen LogP contribution in [-0.4, -0.2) is 14.7 Å². The summed E-state index contributed by atoms with van der Waals surface area (Å²) in [6.07, 6.45) is 0. The molecular formula is C14H17ClN4O2. The van der Waals surface area contributed by atoms with Crippen LogP contribution in [0.3, 0.4) is 0 Å². The second-order valence-electron chi connectivity index (χ2n) is 4.87. The first-order valence-corrected chi connectivity index (χ1v) is 6.91. The van der Waals surface area contributed by atoms with Crippen LogP contribution in [0.2, 0.25) is 5.02 Å². The number of nitro benzene ring substituents is 1. The lowest BCUT2D eigenvalue weighted by Gasteiger charge is -2.08. The molecule has 2 rings (SSSR count). The lowest BCUT2D eigenvalue weighted by atomic mass is 10.1. The van der Waals surface area contributed by atoms with E-state index < -0.39 is 4.92 Å². The van der Waals surface area contributed by atoms with E-state index in [0.717, 1.165) is 17.0 Å². The average Bonchev–Trinajstić information content (AvgIpc) is 2.66. The van der Waals surface area contributed by atoms with Gasteiger partial charge in [0.15, 0.2) is 0 Å². The standard InChI is InChI=1S/C14H17ClN4O2/c1-9-11(10(2)18(3)17-9)7-16-8-12-13(15)5-4-6-14(12)19(20)21/h4-6,16H,7-8H2,1-3H3. The van der Waals surface area contributed by atoms with Gasteiger partial charge in [-0.05, 0) is 19.9 Å². The van der Waals surface area contributed by atoms with Crippen LogP contribution in [0.15, 0.2) is 18.2 Å². The van der Waals surface area contributed by atoms with Crippen molar-refractivity contribution in [2.45, 2.75) is 26.9 Å². The van der Waals surface area contributed by atoms with Gasteiger partial charge in [0.2, 0.25) is 0 Å². The number of hydrogen-bond acceptors (Lipinski definition) is 4.